The first-order valence-corrected chi connectivity index (χ1v) is 9.74. The largest absolute Gasteiger partial charge is 1.00 e. The Hall–Kier alpha value is 0.124. The maximum atomic E-state index is 4.62. The van der Waals surface area contributed by atoms with Crippen LogP contribution in [0.1, 0.15) is 53.4 Å². The van der Waals surface area contributed by atoms with Crippen LogP contribution in [0.25, 0.3) is 0 Å². The van der Waals surface area contributed by atoms with Gasteiger partial charge in [0.1, 0.15) is 0 Å². The van der Waals surface area contributed by atoms with E-state index in [0.29, 0.717) is 0 Å². The van der Waals surface area contributed by atoms with Crippen molar-refractivity contribution in [2.45, 2.75) is 53.4 Å². The second-order valence-electron chi connectivity index (χ2n) is 5.26. The summed E-state index contributed by atoms with van der Waals surface area (Å²) in [6.07, 6.45) is 9.59. The van der Waals surface area contributed by atoms with Crippen molar-refractivity contribution in [2.75, 3.05) is 0 Å². The summed E-state index contributed by atoms with van der Waals surface area (Å²) in [4.78, 5) is 4.62. The Morgan fingerprint density at radius 2 is 1.25 bits per heavy atom. The molecule has 0 heterocycles. The quantitative estimate of drug-likeness (QED) is 0.577. The standard InChI is InChI=1S/2C8H11.CH2.2ClH.Ti/c2*1-3-8-6-4-5-7(8)2;;;;/h2*6H,3-4H2,1-2H3;1H2;2*1H;/q;;;;;+2/p-2. The average Bonchev–Trinajstić information content (AvgIpc) is 2.91. The Kier molecular flexibility index (Phi) is 8.59. The van der Waals surface area contributed by atoms with Crippen LogP contribution in [-0.2, 0) is 17.4 Å². The molecule has 0 bridgehead atoms. The Morgan fingerprint density at radius 1 is 0.900 bits per heavy atom. The topological polar surface area (TPSA) is 0 Å². The molecule has 0 amide bonds. The van der Waals surface area contributed by atoms with E-state index >= 15 is 0 Å². The van der Waals surface area contributed by atoms with Gasteiger partial charge in [-0.15, -0.1) is 0 Å². The Labute approximate surface area is 142 Å². The molecule has 0 nitrogen and oxygen atoms in total. The van der Waals surface area contributed by atoms with E-state index in [0.717, 1.165) is 0 Å². The fourth-order valence-electron chi connectivity index (χ4n) is 3.15. The fraction of sp³-hybridized carbons (Fsp3) is 0.471. The monoisotopic (exact) mass is 346 g/mol. The van der Waals surface area contributed by atoms with Crippen LogP contribution in [0.3, 0.4) is 0 Å². The maximum absolute atomic E-state index is 4.62. The Bertz CT molecular complexity index is 473. The molecule has 3 heteroatoms. The average molecular weight is 347 g/mol. The van der Waals surface area contributed by atoms with Gasteiger partial charge in [0.15, 0.2) is 0 Å². The molecular weight excluding hydrogens is 323 g/mol. The summed E-state index contributed by atoms with van der Waals surface area (Å²) < 4.78 is 3.43. The molecule has 20 heavy (non-hydrogen) atoms. The first kappa shape index (κ1) is 20.1. The number of hydrogen-bond donors (Lipinski definition) is 0. The molecule has 110 valence electrons. The van der Waals surface area contributed by atoms with Crippen LogP contribution in [0.4, 0.5) is 0 Å². The van der Waals surface area contributed by atoms with Crippen LogP contribution in [0.15, 0.2) is 42.2 Å². The molecule has 2 rings (SSSR count). The molecule has 0 saturated carbocycles. The fourth-order valence-corrected chi connectivity index (χ4v) is 6.72. The zero-order valence-corrected chi connectivity index (χ0v) is 16.0. The van der Waals surface area contributed by atoms with Crippen LogP contribution < -0.4 is 24.8 Å². The van der Waals surface area contributed by atoms with E-state index in [1.54, 1.807) is 30.0 Å². The second-order valence-corrected chi connectivity index (χ2v) is 8.64. The van der Waals surface area contributed by atoms with Crippen LogP contribution >= 0.6 is 0 Å². The zero-order chi connectivity index (χ0) is 13.3. The van der Waals surface area contributed by atoms with Gasteiger partial charge in [-0.2, -0.15) is 0 Å². The molecule has 0 aromatic rings. The second kappa shape index (κ2) is 8.54. The van der Waals surface area contributed by atoms with E-state index in [1.165, 1.54) is 25.7 Å². The van der Waals surface area contributed by atoms with Gasteiger partial charge in [-0.25, -0.2) is 0 Å². The van der Waals surface area contributed by atoms with Gasteiger partial charge in [0.2, 0.25) is 0 Å². The summed E-state index contributed by atoms with van der Waals surface area (Å²) in [5, 5.41) is 0. The number of rotatable bonds is 4. The van der Waals surface area contributed by atoms with Crippen molar-refractivity contribution >= 4 is 4.82 Å². The van der Waals surface area contributed by atoms with E-state index in [-0.39, 0.29) is 24.8 Å². The normalized spacial score (nSPS) is 17.1. The molecule has 2 aliphatic rings. The Morgan fingerprint density at radius 3 is 1.50 bits per heavy atom. The van der Waals surface area contributed by atoms with Crippen molar-refractivity contribution in [1.82, 2.24) is 0 Å². The van der Waals surface area contributed by atoms with Crippen LogP contribution in [0, 0.1) is 0 Å². The van der Waals surface area contributed by atoms with E-state index in [9.17, 15) is 0 Å². The van der Waals surface area contributed by atoms with Crippen LogP contribution in [0.2, 0.25) is 0 Å². The minimum absolute atomic E-state index is 0. The van der Waals surface area contributed by atoms with E-state index < -0.39 is 17.4 Å². The number of hydrogen-bond acceptors (Lipinski definition) is 0. The van der Waals surface area contributed by atoms with Gasteiger partial charge >= 0.3 is 118 Å². The van der Waals surface area contributed by atoms with Gasteiger partial charge in [0, 0.05) is 0 Å². The summed E-state index contributed by atoms with van der Waals surface area (Å²) in [5.74, 6) is 0. The van der Waals surface area contributed by atoms with E-state index in [2.05, 4.69) is 44.7 Å². The van der Waals surface area contributed by atoms with Crippen molar-refractivity contribution in [3.8, 4) is 0 Å². The van der Waals surface area contributed by atoms with Gasteiger partial charge in [0.05, 0.1) is 0 Å². The van der Waals surface area contributed by atoms with Gasteiger partial charge < -0.3 is 24.8 Å². The molecule has 0 aliphatic heterocycles. The van der Waals surface area contributed by atoms with Gasteiger partial charge in [-0.1, -0.05) is 0 Å². The minimum atomic E-state index is -1.42. The van der Waals surface area contributed by atoms with Crippen molar-refractivity contribution in [3.05, 3.63) is 42.2 Å². The molecule has 0 spiro atoms. The van der Waals surface area contributed by atoms with Crippen molar-refractivity contribution in [1.29, 1.82) is 0 Å². The molecule has 0 atom stereocenters. The van der Waals surface area contributed by atoms with E-state index in [1.807, 2.05) is 0 Å². The minimum Gasteiger partial charge on any atom is -1.00 e. The SMILES string of the molecule is [CH2]=[Ti+2]([C]1=C(C)C(CC)=CC1)[C]1=C(C)C(CC)=CC1.[Cl-].[Cl-]. The Balaban J connectivity index is 0.00000180. The summed E-state index contributed by atoms with van der Waals surface area (Å²) in [6, 6.07) is 0. The summed E-state index contributed by atoms with van der Waals surface area (Å²) >= 11 is -1.42. The van der Waals surface area contributed by atoms with Gasteiger partial charge in [0.25, 0.3) is 0 Å². The van der Waals surface area contributed by atoms with Gasteiger partial charge in [-0.3, -0.25) is 0 Å². The van der Waals surface area contributed by atoms with Crippen molar-refractivity contribution in [3.63, 3.8) is 0 Å². The smallest absolute Gasteiger partial charge is 1.00 e. The number of halogens is 2. The predicted molar refractivity (Wildman–Crippen MR) is 78.5 cm³/mol. The van der Waals surface area contributed by atoms with Crippen molar-refractivity contribution in [2.24, 2.45) is 0 Å². The first-order valence-electron chi connectivity index (χ1n) is 7.08. The molecule has 2 aliphatic carbocycles. The third-order valence-electron chi connectivity index (χ3n) is 4.46. The van der Waals surface area contributed by atoms with Crippen LogP contribution in [0.5, 0.6) is 0 Å². The molecule has 0 saturated heterocycles. The summed E-state index contributed by atoms with van der Waals surface area (Å²) in [6.45, 7) is 9.15. The molecule has 0 radical (unpaired) electrons. The zero-order valence-electron chi connectivity index (χ0n) is 12.9. The van der Waals surface area contributed by atoms with Gasteiger partial charge in [-0.05, 0) is 0 Å². The molecule has 0 aromatic heterocycles. The molecule has 0 aromatic carbocycles. The third-order valence-corrected chi connectivity index (χ3v) is 8.55. The van der Waals surface area contributed by atoms with E-state index in [4.69, 9.17) is 0 Å². The first-order chi connectivity index (χ1) is 8.60. The molecule has 0 N–H and O–H groups in total. The number of allylic oxidation sites excluding steroid dienone is 8. The summed E-state index contributed by atoms with van der Waals surface area (Å²) in [7, 11) is 0. The molecule has 0 fully saturated rings. The third kappa shape index (κ3) is 3.66. The van der Waals surface area contributed by atoms with Crippen LogP contribution in [-0.4, -0.2) is 4.82 Å². The van der Waals surface area contributed by atoms with Crippen molar-refractivity contribution < 1.29 is 42.2 Å². The summed E-state index contributed by atoms with van der Waals surface area (Å²) in [5.41, 5.74) is 6.29. The predicted octanol–water partition coefficient (Wildman–Crippen LogP) is -0.927. The maximum Gasteiger partial charge on any atom is -1.00 e. The molecule has 0 unspecified atom stereocenters. The molecular formula is C17H24Cl2Ti.